The molecule has 3 rings (SSSR count). The van der Waals surface area contributed by atoms with Crippen molar-refractivity contribution in [3.63, 3.8) is 0 Å². The molecule has 0 heterocycles. The molecular formula is C20H16O. The lowest BCUT2D eigenvalue weighted by molar-refractivity contribution is 0.507. The SMILES string of the molecule is O/C(c1ccccc1)=c1\cccc\c1=C/c1ccccc1. The van der Waals surface area contributed by atoms with Crippen molar-refractivity contribution < 1.29 is 5.11 Å². The van der Waals surface area contributed by atoms with Crippen LogP contribution in [-0.4, -0.2) is 5.11 Å². The van der Waals surface area contributed by atoms with E-state index in [0.29, 0.717) is 5.76 Å². The third-order valence-corrected chi connectivity index (χ3v) is 3.38. The van der Waals surface area contributed by atoms with Gasteiger partial charge in [-0.2, -0.15) is 0 Å². The normalized spacial score (nSPS) is 13.0. The van der Waals surface area contributed by atoms with Gasteiger partial charge in [0, 0.05) is 10.8 Å². The predicted molar refractivity (Wildman–Crippen MR) is 87.3 cm³/mol. The van der Waals surface area contributed by atoms with Crippen LogP contribution in [0, 0.1) is 0 Å². The highest BCUT2D eigenvalue weighted by Gasteiger charge is 1.99. The summed E-state index contributed by atoms with van der Waals surface area (Å²) in [7, 11) is 0. The van der Waals surface area contributed by atoms with E-state index >= 15 is 0 Å². The number of rotatable bonds is 2. The van der Waals surface area contributed by atoms with Crippen molar-refractivity contribution in [3.05, 3.63) is 106 Å². The molecule has 0 aliphatic heterocycles. The molecule has 0 aliphatic rings. The molecule has 0 radical (unpaired) electrons. The minimum atomic E-state index is 0.304. The van der Waals surface area contributed by atoms with Gasteiger partial charge in [0.1, 0.15) is 5.76 Å². The quantitative estimate of drug-likeness (QED) is 0.759. The molecular weight excluding hydrogens is 256 g/mol. The zero-order valence-electron chi connectivity index (χ0n) is 11.6. The Balaban J connectivity index is 2.24. The maximum absolute atomic E-state index is 10.5. The molecule has 0 amide bonds. The zero-order valence-corrected chi connectivity index (χ0v) is 11.6. The van der Waals surface area contributed by atoms with Crippen molar-refractivity contribution in [1.29, 1.82) is 0 Å². The van der Waals surface area contributed by atoms with Gasteiger partial charge in [-0.25, -0.2) is 0 Å². The summed E-state index contributed by atoms with van der Waals surface area (Å²) in [4.78, 5) is 0. The molecule has 0 atom stereocenters. The Kier molecular flexibility index (Phi) is 3.83. The van der Waals surface area contributed by atoms with Gasteiger partial charge in [-0.1, -0.05) is 84.9 Å². The molecule has 21 heavy (non-hydrogen) atoms. The predicted octanol–water partition coefficient (Wildman–Crippen LogP) is 3.23. The van der Waals surface area contributed by atoms with Crippen LogP contribution in [0.25, 0.3) is 11.8 Å². The van der Waals surface area contributed by atoms with Gasteiger partial charge in [-0.3, -0.25) is 0 Å². The summed E-state index contributed by atoms with van der Waals surface area (Å²) >= 11 is 0. The molecule has 1 N–H and O–H groups in total. The topological polar surface area (TPSA) is 20.2 Å². The fourth-order valence-electron chi connectivity index (χ4n) is 2.32. The Morgan fingerprint density at radius 1 is 0.667 bits per heavy atom. The average molecular weight is 272 g/mol. The molecule has 102 valence electrons. The molecule has 0 bridgehead atoms. The first-order valence-corrected chi connectivity index (χ1v) is 6.95. The molecule has 0 saturated carbocycles. The number of aliphatic hydroxyl groups excluding tert-OH is 1. The molecule has 1 heteroatoms. The van der Waals surface area contributed by atoms with Crippen molar-refractivity contribution in [1.82, 2.24) is 0 Å². The number of benzene rings is 3. The van der Waals surface area contributed by atoms with E-state index in [2.05, 4.69) is 18.2 Å². The van der Waals surface area contributed by atoms with Gasteiger partial charge in [0.05, 0.1) is 0 Å². The first-order chi connectivity index (χ1) is 10.3. The van der Waals surface area contributed by atoms with Gasteiger partial charge in [0.15, 0.2) is 0 Å². The fraction of sp³-hybridized carbons (Fsp3) is 0. The highest BCUT2D eigenvalue weighted by molar-refractivity contribution is 5.60. The second-order valence-corrected chi connectivity index (χ2v) is 4.86. The summed E-state index contributed by atoms with van der Waals surface area (Å²) in [5, 5.41) is 12.4. The number of hydrogen-bond acceptors (Lipinski definition) is 1. The van der Waals surface area contributed by atoms with Gasteiger partial charge in [0.2, 0.25) is 0 Å². The van der Waals surface area contributed by atoms with Crippen LogP contribution in [0.1, 0.15) is 11.1 Å². The van der Waals surface area contributed by atoms with Crippen LogP contribution in [0.15, 0.2) is 84.9 Å². The summed E-state index contributed by atoms with van der Waals surface area (Å²) in [5.74, 6) is 0.304. The van der Waals surface area contributed by atoms with E-state index in [4.69, 9.17) is 0 Å². The molecule has 0 aromatic heterocycles. The van der Waals surface area contributed by atoms with Crippen molar-refractivity contribution in [2.24, 2.45) is 0 Å². The Morgan fingerprint density at radius 3 is 1.95 bits per heavy atom. The molecule has 1 nitrogen and oxygen atoms in total. The van der Waals surface area contributed by atoms with Crippen molar-refractivity contribution in [3.8, 4) is 0 Å². The molecule has 3 aromatic rings. The van der Waals surface area contributed by atoms with Crippen LogP contribution in [0.2, 0.25) is 0 Å². The minimum absolute atomic E-state index is 0.304. The monoisotopic (exact) mass is 272 g/mol. The third-order valence-electron chi connectivity index (χ3n) is 3.38. The first-order valence-electron chi connectivity index (χ1n) is 6.95. The van der Waals surface area contributed by atoms with Gasteiger partial charge in [0.25, 0.3) is 0 Å². The second kappa shape index (κ2) is 6.10. The van der Waals surface area contributed by atoms with Crippen LogP contribution >= 0.6 is 0 Å². The largest absolute Gasteiger partial charge is 0.507 e. The smallest absolute Gasteiger partial charge is 0.130 e. The van der Waals surface area contributed by atoms with Crippen LogP contribution in [0.5, 0.6) is 0 Å². The first kappa shape index (κ1) is 13.2. The van der Waals surface area contributed by atoms with Crippen molar-refractivity contribution in [2.45, 2.75) is 0 Å². The lowest BCUT2D eigenvalue weighted by Crippen LogP contribution is -2.27. The van der Waals surface area contributed by atoms with E-state index in [-0.39, 0.29) is 0 Å². The van der Waals surface area contributed by atoms with E-state index in [1.54, 1.807) is 0 Å². The number of hydrogen-bond donors (Lipinski definition) is 1. The molecule has 3 aromatic carbocycles. The lowest BCUT2D eigenvalue weighted by Gasteiger charge is -2.01. The summed E-state index contributed by atoms with van der Waals surface area (Å²) in [6, 6.07) is 27.6. The molecule has 0 fully saturated rings. The van der Waals surface area contributed by atoms with Crippen molar-refractivity contribution in [2.75, 3.05) is 0 Å². The highest BCUT2D eigenvalue weighted by atomic mass is 16.3. The van der Waals surface area contributed by atoms with Crippen LogP contribution in [0.4, 0.5) is 0 Å². The Morgan fingerprint density at radius 2 is 1.24 bits per heavy atom. The Bertz CT molecular complexity index is 834. The van der Waals surface area contributed by atoms with E-state index in [9.17, 15) is 5.11 Å². The fourth-order valence-corrected chi connectivity index (χ4v) is 2.32. The maximum Gasteiger partial charge on any atom is 0.130 e. The Hall–Kier alpha value is -2.80. The second-order valence-electron chi connectivity index (χ2n) is 4.86. The Labute approximate surface area is 124 Å². The van der Waals surface area contributed by atoms with Gasteiger partial charge >= 0.3 is 0 Å². The molecule has 0 aliphatic carbocycles. The summed E-state index contributed by atoms with van der Waals surface area (Å²) in [6.45, 7) is 0. The molecule has 0 spiro atoms. The van der Waals surface area contributed by atoms with Gasteiger partial charge in [-0.05, 0) is 16.9 Å². The highest BCUT2D eigenvalue weighted by Crippen LogP contribution is 2.06. The standard InChI is InChI=1S/C20H16O/c21-20(17-11-5-2-6-12-17)19-14-8-7-13-18(19)15-16-9-3-1-4-10-16/h1-15,21H/b18-15+,20-19+. The molecule has 0 unspecified atom stereocenters. The summed E-state index contributed by atoms with van der Waals surface area (Å²) in [5.41, 5.74) is 1.94. The van der Waals surface area contributed by atoms with Crippen molar-refractivity contribution >= 4 is 11.8 Å². The van der Waals surface area contributed by atoms with E-state index < -0.39 is 0 Å². The zero-order chi connectivity index (χ0) is 14.5. The van der Waals surface area contributed by atoms with Crippen LogP contribution < -0.4 is 10.4 Å². The minimum Gasteiger partial charge on any atom is -0.507 e. The van der Waals surface area contributed by atoms with E-state index in [0.717, 1.165) is 21.6 Å². The van der Waals surface area contributed by atoms with E-state index in [1.807, 2.05) is 72.8 Å². The average Bonchev–Trinajstić information content (AvgIpc) is 2.56. The lowest BCUT2D eigenvalue weighted by atomic mass is 10.1. The summed E-state index contributed by atoms with van der Waals surface area (Å²) < 4.78 is 0. The third kappa shape index (κ3) is 3.03. The van der Waals surface area contributed by atoms with Gasteiger partial charge < -0.3 is 5.11 Å². The van der Waals surface area contributed by atoms with Crippen LogP contribution in [0.3, 0.4) is 0 Å². The maximum atomic E-state index is 10.5. The summed E-state index contributed by atoms with van der Waals surface area (Å²) in [6.07, 6.45) is 2.08. The van der Waals surface area contributed by atoms with Gasteiger partial charge in [-0.15, -0.1) is 0 Å². The number of aliphatic hydroxyl groups is 1. The van der Waals surface area contributed by atoms with E-state index in [1.165, 1.54) is 0 Å². The van der Waals surface area contributed by atoms with Crippen LogP contribution in [-0.2, 0) is 0 Å². The molecule has 0 saturated heterocycles.